The summed E-state index contributed by atoms with van der Waals surface area (Å²) in [6.07, 6.45) is 2.69. The van der Waals surface area contributed by atoms with E-state index in [0.29, 0.717) is 17.5 Å². The Morgan fingerprint density at radius 2 is 2.17 bits per heavy atom. The Balaban J connectivity index is 1.85. The number of aromatic amines is 1. The third kappa shape index (κ3) is 3.35. The van der Waals surface area contributed by atoms with E-state index in [9.17, 15) is 14.3 Å². The smallest absolute Gasteiger partial charge is 0.215 e. The Morgan fingerprint density at radius 3 is 2.91 bits per heavy atom. The van der Waals surface area contributed by atoms with Gasteiger partial charge in [0.25, 0.3) is 0 Å². The number of nitrogens with one attached hydrogen (secondary N) is 1. The van der Waals surface area contributed by atoms with Crippen molar-refractivity contribution in [3.8, 4) is 0 Å². The average Bonchev–Trinajstić information content (AvgIpc) is 3.20. The van der Waals surface area contributed by atoms with E-state index in [-0.39, 0.29) is 23.2 Å². The lowest BCUT2D eigenvalue weighted by molar-refractivity contribution is 0.104. The molecule has 23 heavy (non-hydrogen) atoms. The lowest BCUT2D eigenvalue weighted by Gasteiger charge is -2.03. The molecule has 0 fully saturated rings. The molecule has 0 unspecified atom stereocenters. The Kier molecular flexibility index (Phi) is 4.29. The Labute approximate surface area is 135 Å². The number of carbonyl (C=O) groups is 1. The highest BCUT2D eigenvalue weighted by Crippen LogP contribution is 2.23. The van der Waals surface area contributed by atoms with E-state index in [0.717, 1.165) is 11.0 Å². The summed E-state index contributed by atoms with van der Waals surface area (Å²) in [4.78, 5) is 16.8. The summed E-state index contributed by atoms with van der Waals surface area (Å²) >= 11 is 1.37. The maximum absolute atomic E-state index is 13.8. The number of carbonyl (C=O) groups excluding carboxylic acids is 1. The minimum Gasteiger partial charge on any atom is -0.504 e. The molecular weight excluding hydrogens is 317 g/mol. The molecule has 0 saturated heterocycles. The second-order valence-corrected chi connectivity index (χ2v) is 5.74. The zero-order chi connectivity index (χ0) is 16.2. The molecule has 3 aromatic rings. The third-order valence-electron chi connectivity index (χ3n) is 3.23. The fourth-order valence-corrected chi connectivity index (χ4v) is 3.01. The van der Waals surface area contributed by atoms with Gasteiger partial charge in [-0.2, -0.15) is 5.10 Å². The van der Waals surface area contributed by atoms with Crippen molar-refractivity contribution in [3.63, 3.8) is 0 Å². The molecule has 0 bridgehead atoms. The van der Waals surface area contributed by atoms with Gasteiger partial charge >= 0.3 is 0 Å². The van der Waals surface area contributed by atoms with Gasteiger partial charge in [-0.05, 0) is 23.1 Å². The Bertz CT molecular complexity index is 856. The number of rotatable bonds is 5. The molecule has 0 aliphatic rings. The molecule has 0 atom stereocenters. The molecule has 116 valence electrons. The zero-order valence-corrected chi connectivity index (χ0v) is 12.7. The maximum Gasteiger partial charge on any atom is 0.215 e. The molecule has 1 aromatic carbocycles. The first-order valence-electron chi connectivity index (χ1n) is 6.76. The first-order valence-corrected chi connectivity index (χ1v) is 7.64. The second-order valence-electron chi connectivity index (χ2n) is 4.74. The molecule has 7 heteroatoms. The number of aliphatic hydroxyl groups is 1. The van der Waals surface area contributed by atoms with Gasteiger partial charge in [0.1, 0.15) is 12.1 Å². The van der Waals surface area contributed by atoms with Crippen molar-refractivity contribution in [1.29, 1.82) is 0 Å². The van der Waals surface area contributed by atoms with Crippen molar-refractivity contribution in [2.24, 2.45) is 0 Å². The summed E-state index contributed by atoms with van der Waals surface area (Å²) in [5.41, 5.74) is 0.950. The van der Waals surface area contributed by atoms with Crippen molar-refractivity contribution < 1.29 is 14.3 Å². The molecule has 0 aliphatic carbocycles. The van der Waals surface area contributed by atoms with Crippen LogP contribution >= 0.6 is 11.3 Å². The molecule has 0 amide bonds. The molecule has 0 aliphatic heterocycles. The van der Waals surface area contributed by atoms with E-state index in [1.807, 2.05) is 0 Å². The summed E-state index contributed by atoms with van der Waals surface area (Å²) < 4.78 is 13.8. The molecule has 0 spiro atoms. The monoisotopic (exact) mass is 329 g/mol. The minimum absolute atomic E-state index is 0.0456. The number of benzene rings is 1. The Morgan fingerprint density at radius 1 is 1.35 bits per heavy atom. The van der Waals surface area contributed by atoms with Gasteiger partial charge in [0.05, 0.1) is 0 Å². The largest absolute Gasteiger partial charge is 0.504 e. The molecule has 2 aromatic heterocycles. The van der Waals surface area contributed by atoms with E-state index in [4.69, 9.17) is 0 Å². The predicted octanol–water partition coefficient (Wildman–Crippen LogP) is 3.38. The van der Waals surface area contributed by atoms with Gasteiger partial charge in [-0.3, -0.25) is 9.89 Å². The van der Waals surface area contributed by atoms with Crippen LogP contribution in [0.2, 0.25) is 0 Å². The molecule has 2 N–H and O–H groups in total. The summed E-state index contributed by atoms with van der Waals surface area (Å²) in [6, 6.07) is 8.11. The van der Waals surface area contributed by atoms with Crippen LogP contribution in [0.15, 0.2) is 48.1 Å². The van der Waals surface area contributed by atoms with Gasteiger partial charge in [-0.15, -0.1) is 11.3 Å². The summed E-state index contributed by atoms with van der Waals surface area (Å²) in [5, 5.41) is 17.8. The number of hydrogen-bond donors (Lipinski definition) is 2. The normalized spacial score (nSPS) is 11.6. The van der Waals surface area contributed by atoms with Gasteiger partial charge in [0.2, 0.25) is 5.82 Å². The van der Waals surface area contributed by atoms with Crippen molar-refractivity contribution in [1.82, 2.24) is 15.2 Å². The van der Waals surface area contributed by atoms with Crippen molar-refractivity contribution >= 4 is 22.9 Å². The number of nitrogens with zero attached hydrogens (tertiary/aromatic N) is 2. The lowest BCUT2D eigenvalue weighted by atomic mass is 10.0. The topological polar surface area (TPSA) is 78.9 Å². The lowest BCUT2D eigenvalue weighted by Crippen LogP contribution is -2.01. The second kappa shape index (κ2) is 6.53. The molecule has 0 radical (unpaired) electrons. The summed E-state index contributed by atoms with van der Waals surface area (Å²) in [6.45, 7) is 0. The highest BCUT2D eigenvalue weighted by atomic mass is 32.1. The molecule has 2 heterocycles. The highest BCUT2D eigenvalue weighted by molar-refractivity contribution is 7.10. The average molecular weight is 329 g/mol. The number of aromatic nitrogens is 3. The number of allylic oxidation sites excluding steroid dienone is 1. The SMILES string of the molecule is O=C(C=C(O)c1nc[nH]n1)c1ccsc1Cc1ccccc1F. The van der Waals surface area contributed by atoms with Crippen molar-refractivity contribution in [2.45, 2.75) is 6.42 Å². The van der Waals surface area contributed by atoms with Gasteiger partial charge in [0, 0.05) is 22.9 Å². The van der Waals surface area contributed by atoms with Crippen LogP contribution < -0.4 is 0 Å². The first kappa shape index (κ1) is 15.1. The number of aliphatic hydroxyl groups excluding tert-OH is 1. The number of hydrogen-bond acceptors (Lipinski definition) is 5. The van der Waals surface area contributed by atoms with Gasteiger partial charge in [-0.1, -0.05) is 18.2 Å². The van der Waals surface area contributed by atoms with Gasteiger partial charge in [-0.25, -0.2) is 9.37 Å². The third-order valence-corrected chi connectivity index (χ3v) is 4.15. The maximum atomic E-state index is 13.8. The van der Waals surface area contributed by atoms with Crippen LogP contribution in [-0.4, -0.2) is 26.1 Å². The van der Waals surface area contributed by atoms with Crippen LogP contribution in [0, 0.1) is 5.82 Å². The van der Waals surface area contributed by atoms with E-state index >= 15 is 0 Å². The van der Waals surface area contributed by atoms with Crippen LogP contribution in [0.25, 0.3) is 5.76 Å². The Hall–Kier alpha value is -2.80. The van der Waals surface area contributed by atoms with Crippen LogP contribution in [0.5, 0.6) is 0 Å². The van der Waals surface area contributed by atoms with Gasteiger partial charge in [0.15, 0.2) is 11.5 Å². The minimum atomic E-state index is -0.375. The standard InChI is InChI=1S/C16H12FN3O2S/c17-12-4-2-1-3-10(12)7-15-11(5-6-23-15)13(21)8-14(22)16-18-9-19-20-16/h1-6,8-9,22H,7H2,(H,18,19,20). The van der Waals surface area contributed by atoms with Crippen LogP contribution in [0.1, 0.15) is 26.6 Å². The highest BCUT2D eigenvalue weighted by Gasteiger charge is 2.15. The van der Waals surface area contributed by atoms with Crippen molar-refractivity contribution in [2.75, 3.05) is 0 Å². The number of halogens is 1. The molecule has 0 saturated carbocycles. The molecule has 5 nitrogen and oxygen atoms in total. The van der Waals surface area contributed by atoms with E-state index in [1.54, 1.807) is 29.6 Å². The zero-order valence-electron chi connectivity index (χ0n) is 11.9. The van der Waals surface area contributed by atoms with Gasteiger partial charge < -0.3 is 5.11 Å². The first-order chi connectivity index (χ1) is 11.1. The number of ketones is 1. The fourth-order valence-electron chi connectivity index (χ4n) is 2.11. The van der Waals surface area contributed by atoms with E-state index in [2.05, 4.69) is 15.2 Å². The predicted molar refractivity (Wildman–Crippen MR) is 84.8 cm³/mol. The molecule has 3 rings (SSSR count). The van der Waals surface area contributed by atoms with Crippen molar-refractivity contribution in [3.05, 3.63) is 75.8 Å². The van der Waals surface area contributed by atoms with Crippen LogP contribution in [0.4, 0.5) is 4.39 Å². The van der Waals surface area contributed by atoms with E-state index < -0.39 is 0 Å². The van der Waals surface area contributed by atoms with Crippen LogP contribution in [-0.2, 0) is 6.42 Å². The number of thiophene rings is 1. The van der Waals surface area contributed by atoms with E-state index in [1.165, 1.54) is 23.7 Å². The fraction of sp³-hybridized carbons (Fsp3) is 0.0625. The quantitative estimate of drug-likeness (QED) is 0.427. The summed E-state index contributed by atoms with van der Waals surface area (Å²) in [7, 11) is 0. The molecular formula is C16H12FN3O2S. The van der Waals surface area contributed by atoms with Crippen LogP contribution in [0.3, 0.4) is 0 Å². The number of H-pyrrole nitrogens is 1. The summed E-state index contributed by atoms with van der Waals surface area (Å²) in [5.74, 6) is -0.957.